The lowest BCUT2D eigenvalue weighted by molar-refractivity contribution is 0.0696. The van der Waals surface area contributed by atoms with E-state index in [4.69, 9.17) is 5.11 Å². The van der Waals surface area contributed by atoms with Gasteiger partial charge in [-0.25, -0.2) is 9.78 Å². The number of carboxylic acids is 1. The molecule has 5 heteroatoms. The van der Waals surface area contributed by atoms with E-state index in [1.54, 1.807) is 0 Å². The molecule has 4 nitrogen and oxygen atoms in total. The number of rotatable bonds is 3. The topological polar surface area (TPSA) is 53.4 Å². The molecule has 0 saturated carbocycles. The summed E-state index contributed by atoms with van der Waals surface area (Å²) in [5.41, 5.74) is 1.27. The molecule has 1 aromatic heterocycles. The van der Waals surface area contributed by atoms with E-state index < -0.39 is 5.97 Å². The summed E-state index contributed by atoms with van der Waals surface area (Å²) in [6.07, 6.45) is 3.73. The number of hydrogen-bond donors (Lipinski definition) is 1. The van der Waals surface area contributed by atoms with Gasteiger partial charge in [-0.3, -0.25) is 4.90 Å². The zero-order valence-corrected chi connectivity index (χ0v) is 13.4. The molecule has 1 N–H and O–H groups in total. The van der Waals surface area contributed by atoms with Gasteiger partial charge in [0.05, 0.1) is 5.69 Å². The number of carboxylic acid groups (broad SMARTS) is 1. The zero-order valence-electron chi connectivity index (χ0n) is 12.6. The predicted molar refractivity (Wildman–Crippen MR) is 81.1 cm³/mol. The van der Waals surface area contributed by atoms with Crippen molar-refractivity contribution in [2.75, 3.05) is 13.1 Å². The molecule has 1 aliphatic heterocycles. The predicted octanol–water partition coefficient (Wildman–Crippen LogP) is 3.49. The van der Waals surface area contributed by atoms with Crippen molar-refractivity contribution in [1.29, 1.82) is 0 Å². The third-order valence-corrected chi connectivity index (χ3v) is 5.04. The van der Waals surface area contributed by atoms with E-state index in [9.17, 15) is 4.79 Å². The minimum atomic E-state index is -0.926. The second kappa shape index (κ2) is 6.22. The van der Waals surface area contributed by atoms with Crippen LogP contribution in [0.2, 0.25) is 0 Å². The van der Waals surface area contributed by atoms with Gasteiger partial charge in [-0.05, 0) is 43.7 Å². The molecule has 1 aromatic rings. The first-order chi connectivity index (χ1) is 9.36. The van der Waals surface area contributed by atoms with Crippen LogP contribution in [0.25, 0.3) is 0 Å². The summed E-state index contributed by atoms with van der Waals surface area (Å²) in [6.45, 7) is 9.93. The summed E-state index contributed by atoms with van der Waals surface area (Å²) < 4.78 is 0. The minimum Gasteiger partial charge on any atom is -0.476 e. The highest BCUT2D eigenvalue weighted by Gasteiger charge is 2.27. The van der Waals surface area contributed by atoms with Crippen molar-refractivity contribution in [1.82, 2.24) is 9.88 Å². The third-order valence-electron chi connectivity index (χ3n) is 4.17. The van der Waals surface area contributed by atoms with Crippen LogP contribution in [0.5, 0.6) is 0 Å². The molecule has 0 radical (unpaired) electrons. The number of aromatic carboxylic acids is 1. The number of thiazole rings is 1. The number of hydrogen-bond acceptors (Lipinski definition) is 4. The minimum absolute atomic E-state index is 0.197. The van der Waals surface area contributed by atoms with E-state index in [1.807, 2.05) is 5.38 Å². The lowest BCUT2D eigenvalue weighted by Gasteiger charge is -2.29. The Hall–Kier alpha value is -0.940. The summed E-state index contributed by atoms with van der Waals surface area (Å²) in [5, 5.41) is 11.0. The van der Waals surface area contributed by atoms with Gasteiger partial charge in [-0.15, -0.1) is 11.3 Å². The van der Waals surface area contributed by atoms with Crippen molar-refractivity contribution in [2.24, 2.45) is 11.3 Å². The van der Waals surface area contributed by atoms with Gasteiger partial charge in [-0.2, -0.15) is 0 Å². The number of nitrogens with zero attached hydrogens (tertiary/aromatic N) is 2. The van der Waals surface area contributed by atoms with Crippen LogP contribution in [-0.4, -0.2) is 34.0 Å². The second-order valence-electron chi connectivity index (χ2n) is 6.72. The lowest BCUT2D eigenvalue weighted by Crippen LogP contribution is -2.26. The molecule has 1 atom stereocenters. The van der Waals surface area contributed by atoms with Crippen molar-refractivity contribution in [2.45, 2.75) is 46.6 Å². The van der Waals surface area contributed by atoms with E-state index in [1.165, 1.54) is 30.6 Å². The van der Waals surface area contributed by atoms with E-state index in [0.717, 1.165) is 31.2 Å². The molecule has 112 valence electrons. The zero-order chi connectivity index (χ0) is 14.8. The van der Waals surface area contributed by atoms with Gasteiger partial charge < -0.3 is 5.11 Å². The van der Waals surface area contributed by atoms with Crippen molar-refractivity contribution in [3.63, 3.8) is 0 Å². The van der Waals surface area contributed by atoms with Gasteiger partial charge in [-0.1, -0.05) is 20.8 Å². The highest BCUT2D eigenvalue weighted by Crippen LogP contribution is 2.34. The molecule has 1 unspecified atom stereocenters. The van der Waals surface area contributed by atoms with Gasteiger partial charge in [0.25, 0.3) is 0 Å². The van der Waals surface area contributed by atoms with Crippen LogP contribution < -0.4 is 0 Å². The van der Waals surface area contributed by atoms with Gasteiger partial charge >= 0.3 is 5.97 Å². The van der Waals surface area contributed by atoms with Crippen molar-refractivity contribution < 1.29 is 9.90 Å². The maximum absolute atomic E-state index is 10.8. The Morgan fingerprint density at radius 1 is 1.45 bits per heavy atom. The third kappa shape index (κ3) is 4.03. The Labute approximate surface area is 124 Å². The average molecular weight is 296 g/mol. The monoisotopic (exact) mass is 296 g/mol. The average Bonchev–Trinajstić information content (AvgIpc) is 2.66. The largest absolute Gasteiger partial charge is 0.476 e. The van der Waals surface area contributed by atoms with Crippen LogP contribution in [0.15, 0.2) is 5.38 Å². The fourth-order valence-corrected chi connectivity index (χ4v) is 3.53. The molecule has 0 bridgehead atoms. The fourth-order valence-electron chi connectivity index (χ4n) is 2.89. The number of likely N-dealkylation sites (tertiary alicyclic amines) is 1. The highest BCUT2D eigenvalue weighted by atomic mass is 32.1. The Bertz CT molecular complexity index is 465. The molecule has 1 aliphatic rings. The normalized spacial score (nSPS) is 21.6. The van der Waals surface area contributed by atoms with Crippen LogP contribution in [0, 0.1) is 11.3 Å². The van der Waals surface area contributed by atoms with Gasteiger partial charge in [0.15, 0.2) is 0 Å². The van der Waals surface area contributed by atoms with Crippen LogP contribution >= 0.6 is 11.3 Å². The van der Waals surface area contributed by atoms with Crippen LogP contribution in [-0.2, 0) is 6.54 Å². The quantitative estimate of drug-likeness (QED) is 0.927. The molecule has 0 amide bonds. The first kappa shape index (κ1) is 15.4. The van der Waals surface area contributed by atoms with Crippen molar-refractivity contribution >= 4 is 17.3 Å². The molecule has 20 heavy (non-hydrogen) atoms. The molecule has 2 rings (SSSR count). The van der Waals surface area contributed by atoms with E-state index >= 15 is 0 Å². The fraction of sp³-hybridized carbons (Fsp3) is 0.733. The smallest absolute Gasteiger partial charge is 0.365 e. The van der Waals surface area contributed by atoms with E-state index in [2.05, 4.69) is 30.7 Å². The molecule has 0 aromatic carbocycles. The number of carbonyl (C=O) groups is 1. The Balaban J connectivity index is 1.92. The van der Waals surface area contributed by atoms with E-state index in [-0.39, 0.29) is 5.01 Å². The highest BCUT2D eigenvalue weighted by molar-refractivity contribution is 7.11. The molecule has 1 fully saturated rings. The van der Waals surface area contributed by atoms with Crippen molar-refractivity contribution in [3.8, 4) is 0 Å². The Morgan fingerprint density at radius 3 is 2.80 bits per heavy atom. The molecule has 2 heterocycles. The van der Waals surface area contributed by atoms with Crippen LogP contribution in [0.3, 0.4) is 0 Å². The first-order valence-electron chi connectivity index (χ1n) is 7.26. The SMILES string of the molecule is CC(C)(C)C1CCCN(Cc2csc(C(=O)O)n2)CC1. The lowest BCUT2D eigenvalue weighted by atomic mass is 9.77. The molecule has 1 saturated heterocycles. The summed E-state index contributed by atoms with van der Waals surface area (Å²) in [7, 11) is 0. The summed E-state index contributed by atoms with van der Waals surface area (Å²) in [6, 6.07) is 0. The first-order valence-corrected chi connectivity index (χ1v) is 8.14. The van der Waals surface area contributed by atoms with E-state index in [0.29, 0.717) is 5.41 Å². The standard InChI is InChI=1S/C15H24N2O2S/c1-15(2,3)11-5-4-7-17(8-6-11)9-12-10-20-13(16-12)14(18)19/h10-11H,4-9H2,1-3H3,(H,18,19). The maximum atomic E-state index is 10.8. The van der Waals surface area contributed by atoms with Gasteiger partial charge in [0.2, 0.25) is 5.01 Å². The summed E-state index contributed by atoms with van der Waals surface area (Å²) in [4.78, 5) is 17.4. The Morgan fingerprint density at radius 2 is 2.20 bits per heavy atom. The van der Waals surface area contributed by atoms with Crippen molar-refractivity contribution in [3.05, 3.63) is 16.1 Å². The van der Waals surface area contributed by atoms with Gasteiger partial charge in [0.1, 0.15) is 0 Å². The molecular formula is C15H24N2O2S. The summed E-state index contributed by atoms with van der Waals surface area (Å²) >= 11 is 1.22. The molecule has 0 aliphatic carbocycles. The molecule has 0 spiro atoms. The van der Waals surface area contributed by atoms with Gasteiger partial charge in [0, 0.05) is 11.9 Å². The summed E-state index contributed by atoms with van der Waals surface area (Å²) in [5.74, 6) is -0.151. The Kier molecular flexibility index (Phi) is 4.81. The number of aromatic nitrogens is 1. The maximum Gasteiger partial charge on any atom is 0.365 e. The van der Waals surface area contributed by atoms with Crippen LogP contribution in [0.4, 0.5) is 0 Å². The molecular weight excluding hydrogens is 272 g/mol. The van der Waals surface area contributed by atoms with Crippen LogP contribution in [0.1, 0.15) is 55.5 Å². The second-order valence-corrected chi connectivity index (χ2v) is 7.58.